The molecule has 0 spiro atoms. The van der Waals surface area contributed by atoms with E-state index in [1.54, 1.807) is 19.2 Å². The van der Waals surface area contributed by atoms with Gasteiger partial charge in [-0.25, -0.2) is 0 Å². The highest BCUT2D eigenvalue weighted by Gasteiger charge is 2.11. The Morgan fingerprint density at radius 3 is 2.40 bits per heavy atom. The first-order valence-corrected chi connectivity index (χ1v) is 6.00. The molecule has 20 heavy (non-hydrogen) atoms. The molecule has 0 saturated carbocycles. The van der Waals surface area contributed by atoms with Gasteiger partial charge in [-0.1, -0.05) is 0 Å². The lowest BCUT2D eigenvalue weighted by Gasteiger charge is -2.13. The van der Waals surface area contributed by atoms with Crippen molar-refractivity contribution in [1.82, 2.24) is 0 Å². The van der Waals surface area contributed by atoms with Gasteiger partial charge in [0.15, 0.2) is 11.5 Å². The van der Waals surface area contributed by atoms with Crippen LogP contribution in [0.25, 0.3) is 0 Å². The highest BCUT2D eigenvalue weighted by molar-refractivity contribution is 5.95. The predicted octanol–water partition coefficient (Wildman–Crippen LogP) is 0.887. The summed E-state index contributed by atoms with van der Waals surface area (Å²) < 4.78 is 20.2. The molecule has 0 fully saturated rings. The lowest BCUT2D eigenvalue weighted by atomic mass is 10.2. The third-order valence-corrected chi connectivity index (χ3v) is 2.49. The van der Waals surface area contributed by atoms with Crippen LogP contribution in [0, 0.1) is 0 Å². The minimum Gasteiger partial charge on any atom is -0.493 e. The molecular weight excluding hydrogens is 264 g/mol. The second-order valence-corrected chi connectivity index (χ2v) is 3.89. The number of methoxy groups -OCH3 is 3. The predicted molar refractivity (Wildman–Crippen MR) is 75.3 cm³/mol. The molecule has 0 saturated heterocycles. The van der Waals surface area contributed by atoms with Crippen molar-refractivity contribution in [3.8, 4) is 11.5 Å². The summed E-state index contributed by atoms with van der Waals surface area (Å²) >= 11 is 0. The van der Waals surface area contributed by atoms with Gasteiger partial charge in [0.25, 0.3) is 0 Å². The van der Waals surface area contributed by atoms with E-state index in [4.69, 9.17) is 24.7 Å². The number of anilines is 2. The minimum atomic E-state index is -0.306. The molecule has 0 aromatic heterocycles. The highest BCUT2D eigenvalue weighted by atomic mass is 16.5. The molecule has 0 unspecified atom stereocenters. The van der Waals surface area contributed by atoms with E-state index in [1.165, 1.54) is 14.2 Å². The summed E-state index contributed by atoms with van der Waals surface area (Å²) in [7, 11) is 4.58. The van der Waals surface area contributed by atoms with Gasteiger partial charge in [-0.15, -0.1) is 0 Å². The van der Waals surface area contributed by atoms with Crippen LogP contribution in [0.2, 0.25) is 0 Å². The van der Waals surface area contributed by atoms with E-state index in [1.807, 2.05) is 0 Å². The fraction of sp³-hybridized carbons (Fsp3) is 0.462. The van der Waals surface area contributed by atoms with Gasteiger partial charge in [0, 0.05) is 19.2 Å². The van der Waals surface area contributed by atoms with Crippen molar-refractivity contribution < 1.29 is 23.7 Å². The van der Waals surface area contributed by atoms with E-state index in [2.05, 4.69) is 5.32 Å². The van der Waals surface area contributed by atoms with Crippen molar-refractivity contribution >= 4 is 17.3 Å². The average Bonchev–Trinajstić information content (AvgIpc) is 2.45. The minimum absolute atomic E-state index is 0.0723. The van der Waals surface area contributed by atoms with Crippen LogP contribution in [-0.4, -0.2) is 47.1 Å². The number of nitrogen functional groups attached to an aromatic ring is 1. The smallest absolute Gasteiger partial charge is 0.250 e. The molecule has 1 amide bonds. The van der Waals surface area contributed by atoms with E-state index in [9.17, 15) is 4.79 Å². The number of nitrogens with two attached hydrogens (primary N) is 1. The second-order valence-electron chi connectivity index (χ2n) is 3.89. The van der Waals surface area contributed by atoms with Crippen LogP contribution in [0.1, 0.15) is 0 Å². The summed E-state index contributed by atoms with van der Waals surface area (Å²) in [5, 5.41) is 2.65. The number of rotatable bonds is 8. The Kier molecular flexibility index (Phi) is 6.61. The van der Waals surface area contributed by atoms with Crippen LogP contribution in [0.5, 0.6) is 11.5 Å². The number of benzene rings is 1. The zero-order chi connectivity index (χ0) is 15.0. The first-order valence-electron chi connectivity index (χ1n) is 6.00. The molecule has 0 aliphatic carbocycles. The number of ether oxygens (including phenoxy) is 4. The van der Waals surface area contributed by atoms with Crippen LogP contribution in [0.3, 0.4) is 0 Å². The zero-order valence-electron chi connectivity index (χ0n) is 11.9. The fourth-order valence-corrected chi connectivity index (χ4v) is 1.50. The summed E-state index contributed by atoms with van der Waals surface area (Å²) in [5.74, 6) is 0.677. The maximum absolute atomic E-state index is 11.7. The number of nitrogens with one attached hydrogen (secondary N) is 1. The van der Waals surface area contributed by atoms with E-state index in [0.717, 1.165) is 0 Å². The second kappa shape index (κ2) is 8.23. The molecule has 112 valence electrons. The summed E-state index contributed by atoms with van der Waals surface area (Å²) in [5.41, 5.74) is 6.66. The topological polar surface area (TPSA) is 92.0 Å². The van der Waals surface area contributed by atoms with Gasteiger partial charge in [0.2, 0.25) is 5.91 Å². The molecule has 1 aromatic carbocycles. The Hall–Kier alpha value is -1.99. The first kappa shape index (κ1) is 16.1. The summed E-state index contributed by atoms with van der Waals surface area (Å²) in [6.45, 7) is 0.717. The normalized spacial score (nSPS) is 10.2. The third kappa shape index (κ3) is 4.60. The number of amides is 1. The maximum Gasteiger partial charge on any atom is 0.250 e. The highest BCUT2D eigenvalue weighted by Crippen LogP contribution is 2.34. The van der Waals surface area contributed by atoms with E-state index >= 15 is 0 Å². The van der Waals surface area contributed by atoms with Crippen LogP contribution in [0.4, 0.5) is 11.4 Å². The molecule has 3 N–H and O–H groups in total. The molecule has 0 bridgehead atoms. The Morgan fingerprint density at radius 2 is 1.80 bits per heavy atom. The van der Waals surface area contributed by atoms with Crippen molar-refractivity contribution in [3.63, 3.8) is 0 Å². The lowest BCUT2D eigenvalue weighted by molar-refractivity contribution is -0.121. The molecule has 0 aliphatic rings. The van der Waals surface area contributed by atoms with Crippen molar-refractivity contribution in [2.45, 2.75) is 0 Å². The van der Waals surface area contributed by atoms with Crippen LogP contribution < -0.4 is 20.5 Å². The molecular formula is C13H20N2O5. The quantitative estimate of drug-likeness (QED) is 0.544. The lowest BCUT2D eigenvalue weighted by Crippen LogP contribution is -2.20. The summed E-state index contributed by atoms with van der Waals surface area (Å²) in [4.78, 5) is 11.7. The van der Waals surface area contributed by atoms with E-state index in [-0.39, 0.29) is 12.5 Å². The van der Waals surface area contributed by atoms with Gasteiger partial charge in [0.05, 0.1) is 38.8 Å². The Balaban J connectivity index is 2.65. The number of carbonyl (C=O) groups excluding carboxylic acids is 1. The molecule has 0 heterocycles. The van der Waals surface area contributed by atoms with Crippen molar-refractivity contribution in [3.05, 3.63) is 12.1 Å². The molecule has 0 atom stereocenters. The van der Waals surface area contributed by atoms with Crippen LogP contribution in [-0.2, 0) is 14.3 Å². The van der Waals surface area contributed by atoms with Gasteiger partial charge in [0.1, 0.15) is 6.61 Å². The van der Waals surface area contributed by atoms with E-state index < -0.39 is 0 Å². The zero-order valence-corrected chi connectivity index (χ0v) is 11.9. The number of hydrogen-bond donors (Lipinski definition) is 2. The van der Waals surface area contributed by atoms with Gasteiger partial charge >= 0.3 is 0 Å². The molecule has 0 aliphatic heterocycles. The molecule has 1 rings (SSSR count). The Labute approximate surface area is 117 Å². The van der Waals surface area contributed by atoms with Crippen molar-refractivity contribution in [2.24, 2.45) is 0 Å². The monoisotopic (exact) mass is 284 g/mol. The summed E-state index contributed by atoms with van der Waals surface area (Å²) in [6, 6.07) is 3.18. The van der Waals surface area contributed by atoms with Gasteiger partial charge in [-0.05, 0) is 0 Å². The van der Waals surface area contributed by atoms with Crippen molar-refractivity contribution in [2.75, 3.05) is 52.2 Å². The van der Waals surface area contributed by atoms with E-state index in [0.29, 0.717) is 36.1 Å². The Morgan fingerprint density at radius 1 is 1.15 bits per heavy atom. The molecule has 7 heteroatoms. The standard InChI is InChI=1S/C13H20N2O5/c1-17-4-5-20-8-13(16)15-10-7-12(19-3)11(18-2)6-9(10)14/h6-7H,4-5,8,14H2,1-3H3,(H,15,16). The molecule has 7 nitrogen and oxygen atoms in total. The number of carbonyl (C=O) groups is 1. The first-order chi connectivity index (χ1) is 9.62. The van der Waals surface area contributed by atoms with Crippen LogP contribution in [0.15, 0.2) is 12.1 Å². The van der Waals surface area contributed by atoms with Gasteiger partial charge < -0.3 is 30.0 Å². The van der Waals surface area contributed by atoms with Crippen LogP contribution >= 0.6 is 0 Å². The fourth-order valence-electron chi connectivity index (χ4n) is 1.50. The largest absolute Gasteiger partial charge is 0.493 e. The molecule has 0 radical (unpaired) electrons. The van der Waals surface area contributed by atoms with Gasteiger partial charge in [-0.3, -0.25) is 4.79 Å². The van der Waals surface area contributed by atoms with Crippen molar-refractivity contribution in [1.29, 1.82) is 0 Å². The number of hydrogen-bond acceptors (Lipinski definition) is 6. The third-order valence-electron chi connectivity index (χ3n) is 2.49. The SMILES string of the molecule is COCCOCC(=O)Nc1cc(OC)c(OC)cc1N. The summed E-state index contributed by atoms with van der Waals surface area (Å²) in [6.07, 6.45) is 0. The molecule has 1 aromatic rings. The average molecular weight is 284 g/mol. The maximum atomic E-state index is 11.7. The van der Waals surface area contributed by atoms with Gasteiger partial charge in [-0.2, -0.15) is 0 Å². The Bertz CT molecular complexity index is 451.